The quantitative estimate of drug-likeness (QED) is 0.878. The van der Waals surface area contributed by atoms with Crippen molar-refractivity contribution in [3.8, 4) is 0 Å². The van der Waals surface area contributed by atoms with Gasteiger partial charge >= 0.3 is 5.97 Å². The van der Waals surface area contributed by atoms with Crippen LogP contribution in [0.3, 0.4) is 0 Å². The van der Waals surface area contributed by atoms with Gasteiger partial charge in [-0.3, -0.25) is 4.79 Å². The number of nitrogens with zero attached hydrogens (tertiary/aromatic N) is 1. The van der Waals surface area contributed by atoms with E-state index in [-0.39, 0.29) is 17.5 Å². The molecular formula is C20H23NO3. The van der Waals surface area contributed by atoms with Gasteiger partial charge < -0.3 is 10.0 Å². The fourth-order valence-corrected chi connectivity index (χ4v) is 2.53. The lowest BCUT2D eigenvalue weighted by Gasteiger charge is -2.25. The minimum absolute atomic E-state index is 0.0208. The van der Waals surface area contributed by atoms with Gasteiger partial charge in [0.1, 0.15) is 0 Å². The number of amides is 1. The number of carbonyl (C=O) groups is 2. The van der Waals surface area contributed by atoms with Crippen molar-refractivity contribution < 1.29 is 14.7 Å². The third-order valence-corrected chi connectivity index (χ3v) is 4.36. The summed E-state index contributed by atoms with van der Waals surface area (Å²) in [5.74, 6) is -0.866. The molecule has 0 radical (unpaired) electrons. The second-order valence-corrected chi connectivity index (χ2v) is 6.09. The molecule has 24 heavy (non-hydrogen) atoms. The molecule has 0 aliphatic heterocycles. The third-order valence-electron chi connectivity index (χ3n) is 4.36. The van der Waals surface area contributed by atoms with E-state index in [4.69, 9.17) is 5.11 Å². The van der Waals surface area contributed by atoms with Gasteiger partial charge in [-0.05, 0) is 43.5 Å². The van der Waals surface area contributed by atoms with Crippen molar-refractivity contribution in [2.75, 3.05) is 7.05 Å². The van der Waals surface area contributed by atoms with E-state index < -0.39 is 5.97 Å². The smallest absolute Gasteiger partial charge is 0.335 e. The summed E-state index contributed by atoms with van der Waals surface area (Å²) < 4.78 is 0. The standard InChI is InChI=1S/C20H23NO3/c1-14-4-9-17(10-5-14)15(2)21(3)19(22)13-8-16-6-11-18(12-7-16)20(23)24/h4-7,9-12,15H,8,13H2,1-3H3,(H,23,24). The molecule has 2 aromatic rings. The van der Waals surface area contributed by atoms with Gasteiger partial charge in [-0.1, -0.05) is 42.0 Å². The Morgan fingerprint density at radius 1 is 1.04 bits per heavy atom. The first-order valence-electron chi connectivity index (χ1n) is 8.03. The molecule has 0 bridgehead atoms. The summed E-state index contributed by atoms with van der Waals surface area (Å²) >= 11 is 0. The number of hydrogen-bond donors (Lipinski definition) is 1. The number of carbonyl (C=O) groups excluding carboxylic acids is 1. The fraction of sp³-hybridized carbons (Fsp3) is 0.300. The Balaban J connectivity index is 1.93. The highest BCUT2D eigenvalue weighted by atomic mass is 16.4. The summed E-state index contributed by atoms with van der Waals surface area (Å²) in [6.07, 6.45) is 1.00. The van der Waals surface area contributed by atoms with Crippen LogP contribution in [0.25, 0.3) is 0 Å². The van der Waals surface area contributed by atoms with Gasteiger partial charge in [-0.25, -0.2) is 4.79 Å². The predicted octanol–water partition coefficient (Wildman–Crippen LogP) is 3.85. The first-order chi connectivity index (χ1) is 11.4. The minimum atomic E-state index is -0.940. The van der Waals surface area contributed by atoms with E-state index in [1.807, 2.05) is 33.0 Å². The molecule has 4 heteroatoms. The molecule has 4 nitrogen and oxygen atoms in total. The molecular weight excluding hydrogens is 302 g/mol. The minimum Gasteiger partial charge on any atom is -0.478 e. The lowest BCUT2D eigenvalue weighted by Crippen LogP contribution is -2.29. The maximum absolute atomic E-state index is 12.4. The highest BCUT2D eigenvalue weighted by Gasteiger charge is 2.17. The molecule has 1 amide bonds. The molecule has 0 saturated carbocycles. The van der Waals surface area contributed by atoms with Gasteiger partial charge in [-0.15, -0.1) is 0 Å². The number of benzene rings is 2. The van der Waals surface area contributed by atoms with Gasteiger partial charge in [0.2, 0.25) is 5.91 Å². The normalized spacial score (nSPS) is 11.8. The van der Waals surface area contributed by atoms with Gasteiger partial charge in [0.05, 0.1) is 11.6 Å². The molecule has 1 N–H and O–H groups in total. The lowest BCUT2D eigenvalue weighted by molar-refractivity contribution is -0.131. The van der Waals surface area contributed by atoms with E-state index in [1.165, 1.54) is 5.56 Å². The molecule has 0 fully saturated rings. The number of carboxylic acid groups (broad SMARTS) is 1. The van der Waals surface area contributed by atoms with Crippen LogP contribution in [0.4, 0.5) is 0 Å². The van der Waals surface area contributed by atoms with Crippen molar-refractivity contribution in [3.63, 3.8) is 0 Å². The highest BCUT2D eigenvalue weighted by Crippen LogP contribution is 2.20. The number of rotatable bonds is 6. The topological polar surface area (TPSA) is 57.6 Å². The first kappa shape index (κ1) is 17.7. The monoisotopic (exact) mass is 325 g/mol. The van der Waals surface area contributed by atoms with E-state index in [2.05, 4.69) is 12.1 Å². The zero-order chi connectivity index (χ0) is 17.7. The zero-order valence-electron chi connectivity index (χ0n) is 14.3. The summed E-state index contributed by atoms with van der Waals surface area (Å²) in [6, 6.07) is 14.9. The average Bonchev–Trinajstić information content (AvgIpc) is 2.59. The Morgan fingerprint density at radius 2 is 1.62 bits per heavy atom. The molecule has 0 saturated heterocycles. The van der Waals surface area contributed by atoms with Crippen LogP contribution in [0, 0.1) is 6.92 Å². The number of hydrogen-bond acceptors (Lipinski definition) is 2. The Labute approximate surface area is 142 Å². The van der Waals surface area contributed by atoms with Crippen LogP contribution in [0.15, 0.2) is 48.5 Å². The molecule has 1 unspecified atom stereocenters. The molecule has 2 rings (SSSR count). The van der Waals surface area contributed by atoms with E-state index in [9.17, 15) is 9.59 Å². The van der Waals surface area contributed by atoms with Crippen molar-refractivity contribution in [3.05, 3.63) is 70.8 Å². The fourth-order valence-electron chi connectivity index (χ4n) is 2.53. The summed E-state index contributed by atoms with van der Waals surface area (Å²) in [5, 5.41) is 8.89. The van der Waals surface area contributed by atoms with Crippen molar-refractivity contribution in [2.45, 2.75) is 32.7 Å². The summed E-state index contributed by atoms with van der Waals surface area (Å²) in [6.45, 7) is 4.06. The van der Waals surface area contributed by atoms with Gasteiger partial charge in [0.15, 0.2) is 0 Å². The van der Waals surface area contributed by atoms with Crippen molar-refractivity contribution in [2.24, 2.45) is 0 Å². The molecule has 1 atom stereocenters. The van der Waals surface area contributed by atoms with E-state index >= 15 is 0 Å². The SMILES string of the molecule is Cc1ccc(C(C)N(C)C(=O)CCc2ccc(C(=O)O)cc2)cc1. The van der Waals surface area contributed by atoms with Crippen molar-refractivity contribution in [1.82, 2.24) is 4.90 Å². The van der Waals surface area contributed by atoms with E-state index in [0.717, 1.165) is 11.1 Å². The second-order valence-electron chi connectivity index (χ2n) is 6.09. The maximum atomic E-state index is 12.4. The first-order valence-corrected chi connectivity index (χ1v) is 8.03. The van der Waals surface area contributed by atoms with Crippen molar-refractivity contribution in [1.29, 1.82) is 0 Å². The number of aryl methyl sites for hydroxylation is 2. The lowest BCUT2D eigenvalue weighted by atomic mass is 10.0. The van der Waals surface area contributed by atoms with Gasteiger partial charge in [0.25, 0.3) is 0 Å². The third kappa shape index (κ3) is 4.44. The Morgan fingerprint density at radius 3 is 2.17 bits per heavy atom. The Kier molecular flexibility index (Phi) is 5.74. The van der Waals surface area contributed by atoms with Crippen LogP contribution in [0.5, 0.6) is 0 Å². The summed E-state index contributed by atoms with van der Waals surface area (Å²) in [4.78, 5) is 25.0. The van der Waals surface area contributed by atoms with Crippen LogP contribution < -0.4 is 0 Å². The summed E-state index contributed by atoms with van der Waals surface area (Å²) in [7, 11) is 1.82. The molecule has 0 aliphatic carbocycles. The number of carboxylic acids is 1. The van der Waals surface area contributed by atoms with Crippen molar-refractivity contribution >= 4 is 11.9 Å². The summed E-state index contributed by atoms with van der Waals surface area (Å²) in [5.41, 5.74) is 3.53. The largest absolute Gasteiger partial charge is 0.478 e. The maximum Gasteiger partial charge on any atom is 0.335 e. The zero-order valence-corrected chi connectivity index (χ0v) is 14.3. The Bertz CT molecular complexity index is 705. The molecule has 0 aliphatic rings. The molecule has 2 aromatic carbocycles. The molecule has 0 aromatic heterocycles. The second kappa shape index (κ2) is 7.77. The molecule has 0 heterocycles. The van der Waals surface area contributed by atoms with E-state index in [0.29, 0.717) is 12.8 Å². The van der Waals surface area contributed by atoms with Crippen LogP contribution in [-0.4, -0.2) is 28.9 Å². The number of aromatic carboxylic acids is 1. The average molecular weight is 325 g/mol. The molecule has 0 spiro atoms. The van der Waals surface area contributed by atoms with E-state index in [1.54, 1.807) is 29.2 Å². The van der Waals surface area contributed by atoms with Crippen LogP contribution in [0.1, 0.15) is 46.4 Å². The van der Waals surface area contributed by atoms with Crippen LogP contribution >= 0.6 is 0 Å². The van der Waals surface area contributed by atoms with Gasteiger partial charge in [0, 0.05) is 13.5 Å². The van der Waals surface area contributed by atoms with Crippen LogP contribution in [0.2, 0.25) is 0 Å². The Hall–Kier alpha value is -2.62. The van der Waals surface area contributed by atoms with Gasteiger partial charge in [-0.2, -0.15) is 0 Å². The predicted molar refractivity (Wildman–Crippen MR) is 94.1 cm³/mol. The highest BCUT2D eigenvalue weighted by molar-refractivity contribution is 5.87. The van der Waals surface area contributed by atoms with Crippen LogP contribution in [-0.2, 0) is 11.2 Å². The molecule has 126 valence electrons.